The van der Waals surface area contributed by atoms with Gasteiger partial charge in [0, 0.05) is 41.5 Å². The Hall–Kier alpha value is -1.32. The third kappa shape index (κ3) is 1.49. The second kappa shape index (κ2) is 4.36. The topological polar surface area (TPSA) is 39.3 Å². The molecule has 4 heterocycles. The molecule has 2 saturated heterocycles. The van der Waals surface area contributed by atoms with Crippen LogP contribution >= 0.6 is 0 Å². The van der Waals surface area contributed by atoms with Gasteiger partial charge in [-0.1, -0.05) is 25.1 Å². The molecule has 6 rings (SSSR count). The predicted octanol–water partition coefficient (Wildman–Crippen LogP) is 3.25. The van der Waals surface area contributed by atoms with Crippen molar-refractivity contribution in [2.45, 2.75) is 44.2 Å². The molecule has 2 N–H and O–H groups in total. The summed E-state index contributed by atoms with van der Waals surface area (Å²) in [7, 11) is 0. The Morgan fingerprint density at radius 2 is 2.18 bits per heavy atom. The van der Waals surface area contributed by atoms with Gasteiger partial charge in [-0.25, -0.2) is 0 Å². The van der Waals surface area contributed by atoms with Crippen molar-refractivity contribution in [1.82, 2.24) is 9.88 Å². The van der Waals surface area contributed by atoms with Gasteiger partial charge in [-0.05, 0) is 43.2 Å². The molecule has 4 aliphatic rings. The lowest BCUT2D eigenvalue weighted by Gasteiger charge is -2.59. The maximum absolute atomic E-state index is 11.7. The lowest BCUT2D eigenvalue weighted by molar-refractivity contribution is -0.228. The van der Waals surface area contributed by atoms with Gasteiger partial charge in [-0.2, -0.15) is 0 Å². The van der Waals surface area contributed by atoms with Gasteiger partial charge in [0.15, 0.2) is 0 Å². The average molecular weight is 296 g/mol. The lowest BCUT2D eigenvalue weighted by Crippen LogP contribution is -2.66. The van der Waals surface area contributed by atoms with Crippen LogP contribution in [-0.2, 0) is 6.42 Å². The van der Waals surface area contributed by atoms with Crippen molar-refractivity contribution in [3.05, 3.63) is 35.5 Å². The molecule has 2 aromatic rings. The van der Waals surface area contributed by atoms with Crippen molar-refractivity contribution in [3.8, 4) is 0 Å². The number of rotatable bonds is 1. The summed E-state index contributed by atoms with van der Waals surface area (Å²) < 4.78 is 0. The molecular formula is C19H24N2O. The largest absolute Gasteiger partial charge is 0.375 e. The van der Waals surface area contributed by atoms with E-state index < -0.39 is 5.72 Å². The van der Waals surface area contributed by atoms with E-state index in [1.807, 2.05) is 0 Å². The molecule has 3 nitrogen and oxygen atoms in total. The Morgan fingerprint density at radius 3 is 3.05 bits per heavy atom. The van der Waals surface area contributed by atoms with Gasteiger partial charge >= 0.3 is 0 Å². The van der Waals surface area contributed by atoms with Gasteiger partial charge in [0.2, 0.25) is 0 Å². The Kier molecular flexibility index (Phi) is 2.61. The number of para-hydroxylation sites is 1. The third-order valence-electron chi connectivity index (χ3n) is 6.61. The Labute approximate surface area is 131 Å². The van der Waals surface area contributed by atoms with Gasteiger partial charge in [-0.15, -0.1) is 0 Å². The molecule has 1 aromatic carbocycles. The molecule has 1 aromatic heterocycles. The summed E-state index contributed by atoms with van der Waals surface area (Å²) in [5, 5.41) is 13.1. The minimum absolute atomic E-state index is 0.259. The molecule has 1 unspecified atom stereocenters. The van der Waals surface area contributed by atoms with Crippen LogP contribution in [0.4, 0.5) is 0 Å². The third-order valence-corrected chi connectivity index (χ3v) is 6.61. The van der Waals surface area contributed by atoms with Crippen LogP contribution < -0.4 is 0 Å². The highest BCUT2D eigenvalue weighted by atomic mass is 16.3. The zero-order valence-electron chi connectivity index (χ0n) is 13.2. The fourth-order valence-electron chi connectivity index (χ4n) is 5.65. The van der Waals surface area contributed by atoms with Crippen molar-refractivity contribution in [2.24, 2.45) is 11.8 Å². The van der Waals surface area contributed by atoms with Crippen molar-refractivity contribution in [3.63, 3.8) is 0 Å². The van der Waals surface area contributed by atoms with E-state index in [9.17, 15) is 5.11 Å². The van der Waals surface area contributed by atoms with E-state index in [0.29, 0.717) is 5.92 Å². The van der Waals surface area contributed by atoms with E-state index in [-0.39, 0.29) is 5.92 Å². The van der Waals surface area contributed by atoms with Crippen molar-refractivity contribution >= 4 is 10.9 Å². The monoisotopic (exact) mass is 296 g/mol. The first-order chi connectivity index (χ1) is 10.7. The lowest BCUT2D eigenvalue weighted by atomic mass is 9.62. The van der Waals surface area contributed by atoms with Crippen LogP contribution in [0.2, 0.25) is 0 Å². The molecule has 0 radical (unpaired) electrons. The Morgan fingerprint density at radius 1 is 1.32 bits per heavy atom. The standard InChI is InChI=1S/C19H24N2O/c1-2-13-9-12-10-16-18-15(7-8-21(11-12)19(13,16)22)14-5-3-4-6-17(14)20-18/h3-6,12-13,16,20,22H,2,7-11H2,1H3/t12-,13+,16+,19-/m1/s1. The maximum atomic E-state index is 11.7. The SMILES string of the molecule is CC[C@H]1C[C@@H]2C[C@H]3c4[nH]c5ccccc5c4CCN(C2)[C@@]13O. The summed E-state index contributed by atoms with van der Waals surface area (Å²) in [6, 6.07) is 8.63. The number of hydrogen-bond donors (Lipinski definition) is 2. The molecule has 3 fully saturated rings. The molecule has 1 saturated carbocycles. The Balaban J connectivity index is 1.73. The number of benzene rings is 1. The number of aromatic amines is 1. The van der Waals surface area contributed by atoms with Gasteiger partial charge in [-0.3, -0.25) is 4.90 Å². The molecular weight excluding hydrogens is 272 g/mol. The van der Waals surface area contributed by atoms with E-state index >= 15 is 0 Å². The van der Waals surface area contributed by atoms with Gasteiger partial charge in [0.05, 0.1) is 0 Å². The fraction of sp³-hybridized carbons (Fsp3) is 0.579. The van der Waals surface area contributed by atoms with Crippen LogP contribution in [0.1, 0.15) is 43.4 Å². The molecule has 0 amide bonds. The highest BCUT2D eigenvalue weighted by Gasteiger charge is 2.58. The highest BCUT2D eigenvalue weighted by Crippen LogP contribution is 2.56. The molecule has 5 atom stereocenters. The summed E-state index contributed by atoms with van der Waals surface area (Å²) in [6.07, 6.45) is 4.48. The summed E-state index contributed by atoms with van der Waals surface area (Å²) in [5.41, 5.74) is 3.39. The number of hydrogen-bond acceptors (Lipinski definition) is 2. The van der Waals surface area contributed by atoms with Crippen LogP contribution in [0.25, 0.3) is 10.9 Å². The van der Waals surface area contributed by atoms with Crippen molar-refractivity contribution in [1.29, 1.82) is 0 Å². The number of aliphatic hydroxyl groups is 1. The molecule has 22 heavy (non-hydrogen) atoms. The zero-order chi connectivity index (χ0) is 14.9. The van der Waals surface area contributed by atoms with Crippen molar-refractivity contribution < 1.29 is 5.11 Å². The van der Waals surface area contributed by atoms with E-state index in [1.54, 1.807) is 0 Å². The first kappa shape index (κ1) is 13.1. The van der Waals surface area contributed by atoms with E-state index in [2.05, 4.69) is 41.1 Å². The fourth-order valence-corrected chi connectivity index (χ4v) is 5.65. The van der Waals surface area contributed by atoms with Crippen LogP contribution in [0.3, 0.4) is 0 Å². The predicted molar refractivity (Wildman–Crippen MR) is 87.8 cm³/mol. The number of nitrogens with one attached hydrogen (secondary N) is 1. The number of nitrogens with zero attached hydrogens (tertiary/aromatic N) is 1. The first-order valence-electron chi connectivity index (χ1n) is 8.78. The maximum Gasteiger partial charge on any atom is 0.129 e. The average Bonchev–Trinajstić information content (AvgIpc) is 2.88. The number of piperidine rings is 2. The van der Waals surface area contributed by atoms with Gasteiger partial charge < -0.3 is 10.1 Å². The molecule has 4 bridgehead atoms. The van der Waals surface area contributed by atoms with Crippen LogP contribution in [0.5, 0.6) is 0 Å². The summed E-state index contributed by atoms with van der Waals surface area (Å²) in [6.45, 7) is 4.32. The minimum Gasteiger partial charge on any atom is -0.375 e. The van der Waals surface area contributed by atoms with Crippen LogP contribution in [-0.4, -0.2) is 33.8 Å². The van der Waals surface area contributed by atoms with Crippen molar-refractivity contribution in [2.75, 3.05) is 13.1 Å². The molecule has 3 heteroatoms. The minimum atomic E-state index is -0.629. The summed E-state index contributed by atoms with van der Waals surface area (Å²) in [5.74, 6) is 1.43. The highest BCUT2D eigenvalue weighted by molar-refractivity contribution is 5.85. The molecule has 3 aliphatic heterocycles. The second-order valence-corrected chi connectivity index (χ2v) is 7.54. The van der Waals surface area contributed by atoms with E-state index in [4.69, 9.17) is 0 Å². The van der Waals surface area contributed by atoms with E-state index in [1.165, 1.54) is 28.6 Å². The van der Waals surface area contributed by atoms with Crippen LogP contribution in [0, 0.1) is 11.8 Å². The smallest absolute Gasteiger partial charge is 0.129 e. The van der Waals surface area contributed by atoms with E-state index in [0.717, 1.165) is 38.3 Å². The first-order valence-corrected chi connectivity index (χ1v) is 8.78. The molecule has 1 aliphatic carbocycles. The number of aromatic nitrogens is 1. The summed E-state index contributed by atoms with van der Waals surface area (Å²) in [4.78, 5) is 6.09. The Bertz CT molecular complexity index is 736. The second-order valence-electron chi connectivity index (χ2n) is 7.54. The van der Waals surface area contributed by atoms with Crippen LogP contribution in [0.15, 0.2) is 24.3 Å². The number of fused-ring (bicyclic) bond motifs is 4. The quantitative estimate of drug-likeness (QED) is 0.848. The summed E-state index contributed by atoms with van der Waals surface area (Å²) >= 11 is 0. The van der Waals surface area contributed by atoms with Gasteiger partial charge in [0.25, 0.3) is 0 Å². The van der Waals surface area contributed by atoms with Gasteiger partial charge in [0.1, 0.15) is 5.72 Å². The normalized spacial score (nSPS) is 39.7. The zero-order valence-corrected chi connectivity index (χ0v) is 13.2. The molecule has 116 valence electrons. The molecule has 0 spiro atoms. The number of H-pyrrole nitrogens is 1.